The van der Waals surface area contributed by atoms with Crippen molar-refractivity contribution < 1.29 is 0 Å². The molecule has 0 fully saturated rings. The van der Waals surface area contributed by atoms with Crippen molar-refractivity contribution in [3.8, 4) is 0 Å². The topological polar surface area (TPSA) is 43.8 Å². The molecular formula is C8H14ClN3. The molecule has 4 heteroatoms. The number of aromatic nitrogens is 2. The molecule has 0 amide bonds. The molecule has 1 heterocycles. The van der Waals surface area contributed by atoms with Crippen molar-refractivity contribution in [3.63, 3.8) is 0 Å². The van der Waals surface area contributed by atoms with Crippen LogP contribution in [0, 0.1) is 12.8 Å². The molecule has 2 N–H and O–H groups in total. The molecule has 0 saturated heterocycles. The van der Waals surface area contributed by atoms with Crippen molar-refractivity contribution in [2.45, 2.75) is 27.3 Å². The van der Waals surface area contributed by atoms with Gasteiger partial charge in [0.1, 0.15) is 5.02 Å². The van der Waals surface area contributed by atoms with E-state index in [1.165, 1.54) is 0 Å². The van der Waals surface area contributed by atoms with Crippen molar-refractivity contribution in [2.24, 2.45) is 5.92 Å². The Morgan fingerprint density at radius 2 is 2.17 bits per heavy atom. The first kappa shape index (κ1) is 9.39. The van der Waals surface area contributed by atoms with Gasteiger partial charge in [-0.15, -0.1) is 0 Å². The molecule has 0 aliphatic carbocycles. The zero-order valence-corrected chi connectivity index (χ0v) is 8.39. The molecule has 12 heavy (non-hydrogen) atoms. The van der Waals surface area contributed by atoms with Gasteiger partial charge in [0.15, 0.2) is 5.82 Å². The highest BCUT2D eigenvalue weighted by atomic mass is 35.5. The molecular weight excluding hydrogens is 174 g/mol. The quantitative estimate of drug-likeness (QED) is 0.771. The number of nitrogens with zero attached hydrogens (tertiary/aromatic N) is 2. The Balaban J connectivity index is 2.93. The van der Waals surface area contributed by atoms with E-state index in [0.717, 1.165) is 12.2 Å². The van der Waals surface area contributed by atoms with Crippen LogP contribution < -0.4 is 5.73 Å². The maximum absolute atomic E-state index is 5.87. The van der Waals surface area contributed by atoms with Crippen molar-refractivity contribution in [1.82, 2.24) is 9.78 Å². The zero-order valence-electron chi connectivity index (χ0n) is 7.63. The molecule has 0 radical (unpaired) electrons. The highest BCUT2D eigenvalue weighted by molar-refractivity contribution is 6.33. The molecule has 0 aliphatic heterocycles. The Morgan fingerprint density at radius 3 is 2.50 bits per heavy atom. The number of nitrogen functional groups attached to an aromatic ring is 1. The molecule has 3 nitrogen and oxygen atoms in total. The minimum absolute atomic E-state index is 0.426. The number of nitrogens with two attached hydrogens (primary N) is 1. The summed E-state index contributed by atoms with van der Waals surface area (Å²) in [6, 6.07) is 0. The molecule has 0 aliphatic rings. The van der Waals surface area contributed by atoms with Gasteiger partial charge in [0, 0.05) is 6.54 Å². The minimum atomic E-state index is 0.426. The van der Waals surface area contributed by atoms with Gasteiger partial charge in [0.05, 0.1) is 5.69 Å². The average Bonchev–Trinajstić information content (AvgIpc) is 2.17. The van der Waals surface area contributed by atoms with E-state index in [1.54, 1.807) is 0 Å². The van der Waals surface area contributed by atoms with Gasteiger partial charge in [0.25, 0.3) is 0 Å². The molecule has 1 rings (SSSR count). The Labute approximate surface area is 77.5 Å². The molecule has 0 unspecified atom stereocenters. The summed E-state index contributed by atoms with van der Waals surface area (Å²) in [5.74, 6) is 0.980. The summed E-state index contributed by atoms with van der Waals surface area (Å²) in [4.78, 5) is 0. The van der Waals surface area contributed by atoms with Crippen LogP contribution in [-0.2, 0) is 6.54 Å². The summed E-state index contributed by atoms with van der Waals surface area (Å²) >= 11 is 5.87. The molecule has 0 spiro atoms. The predicted octanol–water partition coefficient (Wildman–Crippen LogP) is 2.08. The fraction of sp³-hybridized carbons (Fsp3) is 0.625. The number of rotatable bonds is 2. The SMILES string of the molecule is Cc1c(Cl)c(N)nn1CC(C)C. The van der Waals surface area contributed by atoms with Crippen molar-refractivity contribution in [3.05, 3.63) is 10.7 Å². The average molecular weight is 188 g/mol. The monoisotopic (exact) mass is 187 g/mol. The van der Waals surface area contributed by atoms with E-state index in [-0.39, 0.29) is 0 Å². The van der Waals surface area contributed by atoms with Crippen LogP contribution in [0.25, 0.3) is 0 Å². The lowest BCUT2D eigenvalue weighted by Gasteiger charge is -2.06. The molecule has 1 aromatic rings. The predicted molar refractivity (Wildman–Crippen MR) is 51.2 cm³/mol. The number of halogens is 1. The van der Waals surface area contributed by atoms with Gasteiger partial charge in [-0.25, -0.2) is 0 Å². The second-order valence-electron chi connectivity index (χ2n) is 3.36. The molecule has 0 aromatic carbocycles. The van der Waals surface area contributed by atoms with Crippen LogP contribution in [0.4, 0.5) is 5.82 Å². The Morgan fingerprint density at radius 1 is 1.58 bits per heavy atom. The van der Waals surface area contributed by atoms with Crippen LogP contribution >= 0.6 is 11.6 Å². The van der Waals surface area contributed by atoms with Crippen LogP contribution in [0.15, 0.2) is 0 Å². The molecule has 0 atom stereocenters. The third kappa shape index (κ3) is 1.72. The maximum atomic E-state index is 5.87. The summed E-state index contributed by atoms with van der Waals surface area (Å²) in [5, 5.41) is 4.69. The lowest BCUT2D eigenvalue weighted by molar-refractivity contribution is 0.476. The summed E-state index contributed by atoms with van der Waals surface area (Å²) in [7, 11) is 0. The van der Waals surface area contributed by atoms with Gasteiger partial charge in [0.2, 0.25) is 0 Å². The Hall–Kier alpha value is -0.700. The third-order valence-corrected chi connectivity index (χ3v) is 2.16. The highest BCUT2D eigenvalue weighted by Gasteiger charge is 2.09. The van der Waals surface area contributed by atoms with Gasteiger partial charge in [-0.2, -0.15) is 5.10 Å². The largest absolute Gasteiger partial charge is 0.381 e. The van der Waals surface area contributed by atoms with Gasteiger partial charge >= 0.3 is 0 Å². The maximum Gasteiger partial charge on any atom is 0.164 e. The summed E-state index contributed by atoms with van der Waals surface area (Å²) in [5.41, 5.74) is 6.50. The fourth-order valence-electron chi connectivity index (χ4n) is 1.07. The van der Waals surface area contributed by atoms with Crippen LogP contribution in [0.2, 0.25) is 5.02 Å². The number of hydrogen-bond donors (Lipinski definition) is 1. The van der Waals surface area contributed by atoms with Crippen LogP contribution in [0.5, 0.6) is 0 Å². The van der Waals surface area contributed by atoms with Crippen molar-refractivity contribution in [1.29, 1.82) is 0 Å². The normalized spacial score (nSPS) is 11.1. The van der Waals surface area contributed by atoms with Crippen molar-refractivity contribution >= 4 is 17.4 Å². The first-order valence-corrected chi connectivity index (χ1v) is 4.38. The number of anilines is 1. The van der Waals surface area contributed by atoms with E-state index in [9.17, 15) is 0 Å². The summed E-state index contributed by atoms with van der Waals surface area (Å²) in [6.07, 6.45) is 0. The summed E-state index contributed by atoms with van der Waals surface area (Å²) in [6.45, 7) is 7.05. The van der Waals surface area contributed by atoms with E-state index in [4.69, 9.17) is 17.3 Å². The third-order valence-electron chi connectivity index (χ3n) is 1.70. The second kappa shape index (κ2) is 3.35. The summed E-state index contributed by atoms with van der Waals surface area (Å²) < 4.78 is 1.85. The first-order chi connectivity index (χ1) is 5.52. The Bertz CT molecular complexity index is 278. The lowest BCUT2D eigenvalue weighted by atomic mass is 10.2. The van der Waals surface area contributed by atoms with E-state index < -0.39 is 0 Å². The lowest BCUT2D eigenvalue weighted by Crippen LogP contribution is -2.07. The van der Waals surface area contributed by atoms with Gasteiger partial charge in [-0.3, -0.25) is 4.68 Å². The molecule has 0 bridgehead atoms. The van der Waals surface area contributed by atoms with Gasteiger partial charge in [-0.05, 0) is 12.8 Å². The van der Waals surface area contributed by atoms with E-state index in [0.29, 0.717) is 16.8 Å². The van der Waals surface area contributed by atoms with E-state index in [2.05, 4.69) is 18.9 Å². The first-order valence-electron chi connectivity index (χ1n) is 4.00. The number of hydrogen-bond acceptors (Lipinski definition) is 2. The molecule has 0 saturated carbocycles. The smallest absolute Gasteiger partial charge is 0.164 e. The van der Waals surface area contributed by atoms with Crippen LogP contribution in [0.3, 0.4) is 0 Å². The van der Waals surface area contributed by atoms with Gasteiger partial charge < -0.3 is 5.73 Å². The van der Waals surface area contributed by atoms with Crippen LogP contribution in [-0.4, -0.2) is 9.78 Å². The van der Waals surface area contributed by atoms with Crippen LogP contribution in [0.1, 0.15) is 19.5 Å². The van der Waals surface area contributed by atoms with Gasteiger partial charge in [-0.1, -0.05) is 25.4 Å². The van der Waals surface area contributed by atoms with Crippen molar-refractivity contribution in [2.75, 3.05) is 5.73 Å². The fourth-order valence-corrected chi connectivity index (χ4v) is 1.21. The standard InChI is InChI=1S/C8H14ClN3/c1-5(2)4-12-6(3)7(9)8(10)11-12/h5H,4H2,1-3H3,(H2,10,11). The second-order valence-corrected chi connectivity index (χ2v) is 3.74. The zero-order chi connectivity index (χ0) is 9.30. The van der Waals surface area contributed by atoms with E-state index in [1.807, 2.05) is 11.6 Å². The van der Waals surface area contributed by atoms with E-state index >= 15 is 0 Å². The minimum Gasteiger partial charge on any atom is -0.381 e. The Kier molecular flexibility index (Phi) is 2.62. The molecule has 1 aromatic heterocycles. The molecule has 68 valence electrons. The highest BCUT2D eigenvalue weighted by Crippen LogP contribution is 2.22.